The Kier molecular flexibility index (Phi) is 8.31. The number of anilines is 1. The highest BCUT2D eigenvalue weighted by atomic mass is 16.7. The first-order valence-electron chi connectivity index (χ1n) is 13.2. The average Bonchev–Trinajstić information content (AvgIpc) is 3.38. The number of nitrogens with two attached hydrogens (primary N) is 1. The van der Waals surface area contributed by atoms with Crippen molar-refractivity contribution >= 4 is 35.4 Å². The van der Waals surface area contributed by atoms with E-state index >= 15 is 0 Å². The van der Waals surface area contributed by atoms with E-state index in [9.17, 15) is 14.4 Å². The number of nitrogen functional groups attached to an aromatic ring is 1. The first-order chi connectivity index (χ1) is 18.4. The lowest BCUT2D eigenvalue weighted by molar-refractivity contribution is -0.175. The third kappa shape index (κ3) is 7.15. The smallest absolute Gasteiger partial charge is 0.408 e. The Labute approximate surface area is 226 Å². The number of fused-ring (bicyclic) bond motifs is 1. The van der Waals surface area contributed by atoms with E-state index in [4.69, 9.17) is 24.7 Å². The van der Waals surface area contributed by atoms with Crippen LogP contribution in [0.2, 0.25) is 0 Å². The normalized spacial score (nSPS) is 23.1. The van der Waals surface area contributed by atoms with Gasteiger partial charge in [0, 0.05) is 12.8 Å². The molecule has 39 heavy (non-hydrogen) atoms. The summed E-state index contributed by atoms with van der Waals surface area (Å²) in [6, 6.07) is -0.887. The van der Waals surface area contributed by atoms with Gasteiger partial charge in [0.1, 0.15) is 24.6 Å². The van der Waals surface area contributed by atoms with E-state index in [1.54, 1.807) is 31.5 Å². The van der Waals surface area contributed by atoms with E-state index in [0.29, 0.717) is 18.7 Å². The summed E-state index contributed by atoms with van der Waals surface area (Å²) in [5.41, 5.74) is 5.40. The van der Waals surface area contributed by atoms with Gasteiger partial charge in [-0.05, 0) is 57.9 Å². The van der Waals surface area contributed by atoms with Crippen LogP contribution in [0, 0.1) is 11.3 Å². The molecule has 1 unspecified atom stereocenters. The number of carbonyl (C=O) groups is 2. The maximum Gasteiger partial charge on any atom is 0.408 e. The van der Waals surface area contributed by atoms with Gasteiger partial charge in [-0.25, -0.2) is 14.6 Å². The van der Waals surface area contributed by atoms with Gasteiger partial charge in [-0.1, -0.05) is 13.8 Å². The van der Waals surface area contributed by atoms with Crippen LogP contribution in [0.25, 0.3) is 17.4 Å². The van der Waals surface area contributed by atoms with E-state index in [1.165, 1.54) is 6.33 Å². The minimum Gasteiger partial charge on any atom is -0.463 e. The number of H-pyrrole nitrogens is 1. The number of hydrogen-bond donors (Lipinski definition) is 3. The molecule has 2 aliphatic rings. The Balaban J connectivity index is 1.50. The van der Waals surface area contributed by atoms with Gasteiger partial charge in [-0.2, -0.15) is 4.98 Å². The number of amides is 1. The van der Waals surface area contributed by atoms with Gasteiger partial charge < -0.3 is 30.0 Å². The van der Waals surface area contributed by atoms with E-state index < -0.39 is 34.7 Å². The predicted molar refractivity (Wildman–Crippen MR) is 142 cm³/mol. The Hall–Kier alpha value is -3.45. The van der Waals surface area contributed by atoms with Gasteiger partial charge in [-0.15, -0.1) is 0 Å². The first kappa shape index (κ1) is 28.6. The number of esters is 1. The topological polar surface area (TPSA) is 173 Å². The Bertz CT molecular complexity index is 1290. The van der Waals surface area contributed by atoms with Crippen molar-refractivity contribution in [2.75, 3.05) is 25.6 Å². The molecule has 1 aliphatic heterocycles. The van der Waals surface area contributed by atoms with Gasteiger partial charge in [0.15, 0.2) is 17.5 Å². The largest absolute Gasteiger partial charge is 0.463 e. The first-order valence-corrected chi connectivity index (χ1v) is 13.2. The number of hydrogen-bond acceptors (Lipinski definition) is 10. The third-order valence-corrected chi connectivity index (χ3v) is 6.60. The van der Waals surface area contributed by atoms with Crippen molar-refractivity contribution in [3.05, 3.63) is 22.3 Å². The van der Waals surface area contributed by atoms with Crippen LogP contribution in [0.5, 0.6) is 0 Å². The maximum atomic E-state index is 13.1. The molecule has 214 valence electrons. The molecule has 4 rings (SSSR count). The van der Waals surface area contributed by atoms with Crippen molar-refractivity contribution in [2.24, 2.45) is 11.3 Å². The fraction of sp³-hybridized carbons (Fsp3) is 0.654. The van der Waals surface area contributed by atoms with Gasteiger partial charge in [-0.3, -0.25) is 14.3 Å². The van der Waals surface area contributed by atoms with Gasteiger partial charge >= 0.3 is 12.1 Å². The second-order valence-corrected chi connectivity index (χ2v) is 11.5. The van der Waals surface area contributed by atoms with Crippen LogP contribution in [0.4, 0.5) is 10.7 Å². The van der Waals surface area contributed by atoms with Crippen molar-refractivity contribution < 1.29 is 28.5 Å². The summed E-state index contributed by atoms with van der Waals surface area (Å²) in [4.78, 5) is 48.4. The number of nitrogens with zero attached hydrogens (tertiary/aromatic N) is 3. The van der Waals surface area contributed by atoms with Crippen LogP contribution < -0.4 is 16.6 Å². The van der Waals surface area contributed by atoms with Gasteiger partial charge in [0.2, 0.25) is 5.95 Å². The van der Waals surface area contributed by atoms with Crippen LogP contribution >= 0.6 is 0 Å². The molecule has 1 saturated carbocycles. The van der Waals surface area contributed by atoms with E-state index in [0.717, 1.165) is 24.8 Å². The lowest BCUT2D eigenvalue weighted by Gasteiger charge is -2.27. The van der Waals surface area contributed by atoms with Crippen LogP contribution in [0.15, 0.2) is 16.7 Å². The standard InChI is InChI=1S/C26H38N6O7/c1-15(2)18(29-24(35)39-25(3,4)5)22(34)38-13-26(12-37-17-8-6-7-9-36-17)10-16(26)11-32-14-28-19-20(32)30-23(27)31-21(19)33/h11,14-15,17-18H,6-10,12-13H2,1-5H3,(H,29,35)(H3,27,30,31,33)/b16-11-/t17?,18-,26+/m0/s1. The highest BCUT2D eigenvalue weighted by Gasteiger charge is 2.51. The third-order valence-electron chi connectivity index (χ3n) is 6.60. The Morgan fingerprint density at radius 2 is 2.10 bits per heavy atom. The number of nitrogens with one attached hydrogen (secondary N) is 2. The zero-order valence-corrected chi connectivity index (χ0v) is 23.1. The number of rotatable bonds is 9. The van der Waals surface area contributed by atoms with Crippen LogP contribution in [-0.2, 0) is 23.7 Å². The highest BCUT2D eigenvalue weighted by Crippen LogP contribution is 2.53. The summed E-state index contributed by atoms with van der Waals surface area (Å²) >= 11 is 0. The van der Waals surface area contributed by atoms with Gasteiger partial charge in [0.05, 0.1) is 12.0 Å². The van der Waals surface area contributed by atoms with Crippen molar-refractivity contribution in [1.29, 1.82) is 0 Å². The zero-order valence-electron chi connectivity index (χ0n) is 23.1. The quantitative estimate of drug-likeness (QED) is 0.397. The molecule has 2 fully saturated rings. The molecular weight excluding hydrogens is 508 g/mol. The number of ether oxygens (including phenoxy) is 4. The maximum absolute atomic E-state index is 13.1. The number of aromatic nitrogens is 4. The predicted octanol–water partition coefficient (Wildman–Crippen LogP) is 2.57. The summed E-state index contributed by atoms with van der Waals surface area (Å²) < 4.78 is 24.5. The molecular formula is C26H38N6O7. The molecule has 1 saturated heterocycles. The Morgan fingerprint density at radius 3 is 2.77 bits per heavy atom. The monoisotopic (exact) mass is 546 g/mol. The second kappa shape index (κ2) is 11.3. The molecule has 0 spiro atoms. The molecule has 3 heterocycles. The summed E-state index contributed by atoms with van der Waals surface area (Å²) in [6.07, 6.45) is 5.67. The molecule has 2 aromatic rings. The van der Waals surface area contributed by atoms with E-state index in [1.807, 2.05) is 13.8 Å². The van der Waals surface area contributed by atoms with E-state index in [2.05, 4.69) is 20.3 Å². The number of carbonyl (C=O) groups excluding carboxylic acids is 2. The van der Waals surface area contributed by atoms with Crippen molar-refractivity contribution in [3.63, 3.8) is 0 Å². The molecule has 1 aliphatic carbocycles. The summed E-state index contributed by atoms with van der Waals surface area (Å²) in [5, 5.41) is 2.62. The van der Waals surface area contributed by atoms with Crippen molar-refractivity contribution in [1.82, 2.24) is 24.8 Å². The van der Waals surface area contributed by atoms with Crippen LogP contribution in [-0.4, -0.2) is 69.3 Å². The minimum absolute atomic E-state index is 0.0152. The molecule has 0 aromatic carbocycles. The molecule has 3 atom stereocenters. The zero-order chi connectivity index (χ0) is 28.4. The average molecular weight is 547 g/mol. The fourth-order valence-corrected chi connectivity index (χ4v) is 4.36. The molecule has 13 heteroatoms. The SMILES string of the molecule is CC(C)[C@H](NC(=O)OC(C)(C)C)C(=O)OC[C@]1(COC2CCCCO2)C/C1=C/n1cnc2c(=O)[nH]c(N)nc21. The van der Waals surface area contributed by atoms with E-state index in [-0.39, 0.29) is 36.9 Å². The number of aromatic amines is 1. The van der Waals surface area contributed by atoms with Crippen molar-refractivity contribution in [3.8, 4) is 0 Å². The summed E-state index contributed by atoms with van der Waals surface area (Å²) in [6.45, 7) is 9.83. The lowest BCUT2D eigenvalue weighted by atomic mass is 10.0. The number of alkyl carbamates (subject to hydrolysis) is 1. The molecule has 0 bridgehead atoms. The van der Waals surface area contributed by atoms with Gasteiger partial charge in [0.25, 0.3) is 5.56 Å². The van der Waals surface area contributed by atoms with Crippen LogP contribution in [0.3, 0.4) is 0 Å². The lowest BCUT2D eigenvalue weighted by Crippen LogP contribution is -2.47. The van der Waals surface area contributed by atoms with Crippen molar-refractivity contribution in [2.45, 2.75) is 78.2 Å². The summed E-state index contributed by atoms with van der Waals surface area (Å²) in [7, 11) is 0. The summed E-state index contributed by atoms with van der Waals surface area (Å²) in [5.74, 6) is -0.808. The number of imidazole rings is 1. The minimum atomic E-state index is -0.887. The Morgan fingerprint density at radius 1 is 1.33 bits per heavy atom. The van der Waals surface area contributed by atoms with Crippen LogP contribution in [0.1, 0.15) is 60.3 Å². The fourth-order valence-electron chi connectivity index (χ4n) is 4.36. The molecule has 1 amide bonds. The molecule has 0 radical (unpaired) electrons. The molecule has 4 N–H and O–H groups in total. The molecule has 13 nitrogen and oxygen atoms in total. The molecule has 2 aromatic heterocycles. The highest BCUT2D eigenvalue weighted by molar-refractivity contribution is 5.82. The second-order valence-electron chi connectivity index (χ2n) is 11.5.